The van der Waals surface area contributed by atoms with Crippen molar-refractivity contribution in [2.45, 2.75) is 51.5 Å². The van der Waals surface area contributed by atoms with Gasteiger partial charge in [0.1, 0.15) is 0 Å². The summed E-state index contributed by atoms with van der Waals surface area (Å²) in [6.07, 6.45) is 10.7. The summed E-state index contributed by atoms with van der Waals surface area (Å²) in [4.78, 5) is 0. The first-order valence-corrected chi connectivity index (χ1v) is 8.56. The molecule has 116 valence electrons. The zero-order chi connectivity index (χ0) is 13.4. The van der Waals surface area contributed by atoms with Crippen LogP contribution < -0.4 is 5.32 Å². The van der Waals surface area contributed by atoms with Crippen LogP contribution in [-0.4, -0.2) is 6.54 Å². The van der Waals surface area contributed by atoms with E-state index in [0.717, 1.165) is 24.3 Å². The number of nitrogens with one attached hydrogen (secondary N) is 1. The Morgan fingerprint density at radius 1 is 0.952 bits per heavy atom. The fourth-order valence-electron chi connectivity index (χ4n) is 5.60. The first-order valence-electron chi connectivity index (χ1n) is 8.56. The summed E-state index contributed by atoms with van der Waals surface area (Å²) in [5.41, 5.74) is 2.07. The number of benzene rings is 1. The first-order chi connectivity index (χ1) is 9.81. The molecule has 2 atom stereocenters. The van der Waals surface area contributed by atoms with Crippen molar-refractivity contribution in [3.8, 4) is 0 Å². The predicted octanol–water partition coefficient (Wildman–Crippen LogP) is 4.80. The molecular weight excluding hydrogens is 278 g/mol. The van der Waals surface area contributed by atoms with Crippen molar-refractivity contribution < 1.29 is 0 Å². The van der Waals surface area contributed by atoms with E-state index in [1.165, 1.54) is 37.8 Å². The molecule has 0 amide bonds. The smallest absolute Gasteiger partial charge is 0.0205 e. The summed E-state index contributed by atoms with van der Waals surface area (Å²) < 4.78 is 0. The van der Waals surface area contributed by atoms with E-state index >= 15 is 0 Å². The highest BCUT2D eigenvalue weighted by atomic mass is 35.5. The largest absolute Gasteiger partial charge is 0.312 e. The van der Waals surface area contributed by atoms with E-state index in [0.29, 0.717) is 5.41 Å². The van der Waals surface area contributed by atoms with Crippen LogP contribution in [-0.2, 0) is 6.54 Å². The van der Waals surface area contributed by atoms with Gasteiger partial charge in [0.25, 0.3) is 0 Å². The van der Waals surface area contributed by atoms with E-state index < -0.39 is 0 Å². The van der Waals surface area contributed by atoms with Gasteiger partial charge in [-0.1, -0.05) is 30.3 Å². The van der Waals surface area contributed by atoms with Gasteiger partial charge in [-0.3, -0.25) is 0 Å². The molecule has 0 aromatic heterocycles. The Morgan fingerprint density at radius 3 is 2.33 bits per heavy atom. The normalized spacial score (nSPS) is 37.0. The Morgan fingerprint density at radius 2 is 1.62 bits per heavy atom. The van der Waals surface area contributed by atoms with Gasteiger partial charge in [-0.25, -0.2) is 0 Å². The molecule has 4 aliphatic rings. The van der Waals surface area contributed by atoms with Gasteiger partial charge in [-0.05, 0) is 73.7 Å². The van der Waals surface area contributed by atoms with Gasteiger partial charge in [0.15, 0.2) is 0 Å². The van der Waals surface area contributed by atoms with Crippen LogP contribution in [0.15, 0.2) is 30.3 Å². The maximum atomic E-state index is 3.78. The van der Waals surface area contributed by atoms with Crippen LogP contribution >= 0.6 is 12.4 Å². The second-order valence-electron chi connectivity index (χ2n) is 7.84. The van der Waals surface area contributed by atoms with E-state index in [1.807, 2.05) is 0 Å². The van der Waals surface area contributed by atoms with E-state index in [9.17, 15) is 0 Å². The Hall–Kier alpha value is -0.530. The van der Waals surface area contributed by atoms with Crippen LogP contribution in [0.3, 0.4) is 0 Å². The van der Waals surface area contributed by atoms with Crippen LogP contribution in [0.4, 0.5) is 0 Å². The summed E-state index contributed by atoms with van der Waals surface area (Å²) in [5.74, 6) is 3.21. The van der Waals surface area contributed by atoms with Crippen molar-refractivity contribution in [1.29, 1.82) is 0 Å². The summed E-state index contributed by atoms with van der Waals surface area (Å²) in [6.45, 7) is 2.29. The van der Waals surface area contributed by atoms with Gasteiger partial charge in [-0.15, -0.1) is 12.4 Å². The van der Waals surface area contributed by atoms with Gasteiger partial charge in [0.05, 0.1) is 0 Å². The number of halogens is 1. The average molecular weight is 306 g/mol. The molecule has 1 nitrogen and oxygen atoms in total. The summed E-state index contributed by atoms with van der Waals surface area (Å²) in [6, 6.07) is 10.9. The molecule has 0 saturated heterocycles. The lowest BCUT2D eigenvalue weighted by atomic mass is 9.61. The Labute approximate surface area is 135 Å². The van der Waals surface area contributed by atoms with Crippen LogP contribution in [0, 0.1) is 23.2 Å². The number of rotatable bonds is 4. The summed E-state index contributed by atoms with van der Waals surface area (Å²) >= 11 is 0. The first kappa shape index (κ1) is 15.4. The van der Waals surface area contributed by atoms with Crippen molar-refractivity contribution in [3.05, 3.63) is 35.9 Å². The second-order valence-corrected chi connectivity index (χ2v) is 7.84. The molecule has 4 aliphatic carbocycles. The highest BCUT2D eigenvalue weighted by Crippen LogP contribution is 2.56. The number of hydrogen-bond acceptors (Lipinski definition) is 1. The van der Waals surface area contributed by atoms with Crippen molar-refractivity contribution >= 4 is 12.4 Å². The van der Waals surface area contributed by atoms with Crippen molar-refractivity contribution in [3.63, 3.8) is 0 Å². The molecule has 1 aromatic rings. The lowest BCUT2D eigenvalue weighted by Crippen LogP contribution is -2.40. The second kappa shape index (κ2) is 6.30. The quantitative estimate of drug-likeness (QED) is 0.842. The monoisotopic (exact) mass is 305 g/mol. The fourth-order valence-corrected chi connectivity index (χ4v) is 5.60. The lowest BCUT2D eigenvalue weighted by Gasteiger charge is -2.45. The van der Waals surface area contributed by atoms with E-state index in [1.54, 1.807) is 19.3 Å². The molecular formula is C19H28ClN. The SMILES string of the molecule is Cl.c1ccc(CNCC23CCC4CC(CC(C4)C2)C3)cc1. The maximum Gasteiger partial charge on any atom is 0.0205 e. The van der Waals surface area contributed by atoms with Crippen molar-refractivity contribution in [2.75, 3.05) is 6.54 Å². The molecule has 0 spiro atoms. The maximum absolute atomic E-state index is 3.78. The van der Waals surface area contributed by atoms with Gasteiger partial charge >= 0.3 is 0 Å². The molecule has 0 radical (unpaired) electrons. The van der Waals surface area contributed by atoms with Crippen LogP contribution in [0.2, 0.25) is 0 Å². The molecule has 21 heavy (non-hydrogen) atoms. The minimum atomic E-state index is 0. The van der Waals surface area contributed by atoms with Gasteiger partial charge in [-0.2, -0.15) is 0 Å². The van der Waals surface area contributed by atoms with E-state index in [4.69, 9.17) is 0 Å². The Balaban J connectivity index is 0.00000132. The number of fused-ring (bicyclic) bond motifs is 1. The van der Waals surface area contributed by atoms with Crippen LogP contribution in [0.25, 0.3) is 0 Å². The minimum Gasteiger partial charge on any atom is -0.312 e. The third kappa shape index (κ3) is 3.29. The van der Waals surface area contributed by atoms with Crippen LogP contribution in [0.1, 0.15) is 50.5 Å². The summed E-state index contributed by atoms with van der Waals surface area (Å²) in [7, 11) is 0. The zero-order valence-corrected chi connectivity index (χ0v) is 13.7. The van der Waals surface area contributed by atoms with Crippen molar-refractivity contribution in [2.24, 2.45) is 23.2 Å². The average Bonchev–Trinajstić information content (AvgIpc) is 2.65. The third-order valence-electron chi connectivity index (χ3n) is 6.20. The van der Waals surface area contributed by atoms with Gasteiger partial charge in [0, 0.05) is 13.1 Å². The topological polar surface area (TPSA) is 12.0 Å². The van der Waals surface area contributed by atoms with Crippen LogP contribution in [0.5, 0.6) is 0 Å². The molecule has 0 aliphatic heterocycles. The molecule has 4 saturated carbocycles. The molecule has 1 aromatic carbocycles. The third-order valence-corrected chi connectivity index (χ3v) is 6.20. The Bertz CT molecular complexity index is 444. The number of hydrogen-bond donors (Lipinski definition) is 1. The lowest BCUT2D eigenvalue weighted by molar-refractivity contribution is 0.0656. The molecule has 2 unspecified atom stereocenters. The predicted molar refractivity (Wildman–Crippen MR) is 90.6 cm³/mol. The van der Waals surface area contributed by atoms with E-state index in [2.05, 4.69) is 35.6 Å². The van der Waals surface area contributed by atoms with Gasteiger partial charge < -0.3 is 5.32 Å². The zero-order valence-electron chi connectivity index (χ0n) is 12.9. The molecule has 0 heterocycles. The fraction of sp³-hybridized carbons (Fsp3) is 0.684. The molecule has 5 rings (SSSR count). The standard InChI is InChI=1S/C19H27N.ClH/c1-2-4-15(5-3-1)13-20-14-19-7-6-16-8-17(11-19)10-18(9-16)12-19;/h1-5,16-18,20H,6-14H2;1H. The molecule has 4 bridgehead atoms. The van der Waals surface area contributed by atoms with E-state index in [-0.39, 0.29) is 12.4 Å². The highest BCUT2D eigenvalue weighted by molar-refractivity contribution is 5.85. The summed E-state index contributed by atoms with van der Waals surface area (Å²) in [5, 5.41) is 3.78. The molecule has 2 heteroatoms. The van der Waals surface area contributed by atoms with Gasteiger partial charge in [0.2, 0.25) is 0 Å². The molecule has 4 fully saturated rings. The minimum absolute atomic E-state index is 0. The molecule has 1 N–H and O–H groups in total. The highest BCUT2D eigenvalue weighted by Gasteiger charge is 2.47. The van der Waals surface area contributed by atoms with Crippen molar-refractivity contribution in [1.82, 2.24) is 5.32 Å². The Kier molecular flexibility index (Phi) is 4.61.